The first-order chi connectivity index (χ1) is 17.8. The summed E-state index contributed by atoms with van der Waals surface area (Å²) in [6.07, 6.45) is 8.11. The van der Waals surface area contributed by atoms with Crippen LogP contribution in [0.3, 0.4) is 0 Å². The number of carbonyl (C=O) groups is 2. The number of aromatic nitrogens is 1. The van der Waals surface area contributed by atoms with Gasteiger partial charge >= 0.3 is 0 Å². The van der Waals surface area contributed by atoms with Crippen molar-refractivity contribution in [1.82, 2.24) is 25.4 Å². The SMILES string of the molecule is CNC(C)C(=O)NC(C(=O)N1CCC2C1=C(c1c[nH]c3cc(F)ccc13)CN2C(C)C)C1CCCCC1. The fourth-order valence-corrected chi connectivity index (χ4v) is 6.52. The molecule has 0 radical (unpaired) electrons. The van der Waals surface area contributed by atoms with E-state index in [0.29, 0.717) is 12.6 Å². The molecule has 3 heterocycles. The summed E-state index contributed by atoms with van der Waals surface area (Å²) in [5, 5.41) is 7.10. The van der Waals surface area contributed by atoms with Gasteiger partial charge in [0.2, 0.25) is 11.8 Å². The van der Waals surface area contributed by atoms with Crippen molar-refractivity contribution in [2.75, 3.05) is 20.1 Å². The average molecular weight is 510 g/mol. The van der Waals surface area contributed by atoms with Gasteiger partial charge in [0.05, 0.1) is 12.1 Å². The lowest BCUT2D eigenvalue weighted by Crippen LogP contribution is -2.55. The quantitative estimate of drug-likeness (QED) is 0.527. The third kappa shape index (κ3) is 4.81. The van der Waals surface area contributed by atoms with Crippen LogP contribution in [-0.4, -0.2) is 70.9 Å². The summed E-state index contributed by atoms with van der Waals surface area (Å²) < 4.78 is 13.9. The zero-order valence-corrected chi connectivity index (χ0v) is 22.4. The highest BCUT2D eigenvalue weighted by atomic mass is 19.1. The first-order valence-corrected chi connectivity index (χ1v) is 13.8. The van der Waals surface area contributed by atoms with Crippen molar-refractivity contribution in [2.24, 2.45) is 5.92 Å². The maximum Gasteiger partial charge on any atom is 0.249 e. The number of likely N-dealkylation sites (tertiary alicyclic amines) is 1. The summed E-state index contributed by atoms with van der Waals surface area (Å²) in [6, 6.07) is 4.42. The fraction of sp³-hybridized carbons (Fsp3) is 0.586. The first kappa shape index (κ1) is 25.9. The molecule has 1 saturated carbocycles. The molecule has 1 aliphatic carbocycles. The molecule has 0 spiro atoms. The molecule has 1 aromatic carbocycles. The van der Waals surface area contributed by atoms with Crippen LogP contribution in [0.4, 0.5) is 4.39 Å². The fourth-order valence-electron chi connectivity index (χ4n) is 6.52. The molecular weight excluding hydrogens is 469 g/mol. The number of nitrogens with zero attached hydrogens (tertiary/aromatic N) is 2. The van der Waals surface area contributed by atoms with Gasteiger partial charge in [-0.15, -0.1) is 0 Å². The van der Waals surface area contributed by atoms with Crippen LogP contribution < -0.4 is 10.6 Å². The van der Waals surface area contributed by atoms with Crippen molar-refractivity contribution in [3.05, 3.63) is 41.5 Å². The Morgan fingerprint density at radius 3 is 2.57 bits per heavy atom. The Hall–Kier alpha value is -2.71. The molecule has 3 unspecified atom stereocenters. The second-order valence-electron chi connectivity index (χ2n) is 11.2. The van der Waals surface area contributed by atoms with Gasteiger partial charge in [0.1, 0.15) is 11.9 Å². The summed E-state index contributed by atoms with van der Waals surface area (Å²) in [6.45, 7) is 7.59. The second-order valence-corrected chi connectivity index (χ2v) is 11.2. The predicted octanol–water partition coefficient (Wildman–Crippen LogP) is 4.02. The van der Waals surface area contributed by atoms with Crippen molar-refractivity contribution < 1.29 is 14.0 Å². The van der Waals surface area contributed by atoms with Gasteiger partial charge in [-0.25, -0.2) is 4.39 Å². The molecule has 200 valence electrons. The molecule has 7 nitrogen and oxygen atoms in total. The van der Waals surface area contributed by atoms with Gasteiger partial charge in [-0.05, 0) is 76.8 Å². The molecule has 3 N–H and O–H groups in total. The van der Waals surface area contributed by atoms with Crippen LogP contribution >= 0.6 is 0 Å². The summed E-state index contributed by atoms with van der Waals surface area (Å²) in [7, 11) is 1.76. The van der Waals surface area contributed by atoms with Gasteiger partial charge < -0.3 is 20.5 Å². The lowest BCUT2D eigenvalue weighted by Gasteiger charge is -2.34. The highest BCUT2D eigenvalue weighted by molar-refractivity contribution is 5.97. The number of hydrogen-bond acceptors (Lipinski definition) is 4. The molecule has 3 atom stereocenters. The Morgan fingerprint density at radius 2 is 1.86 bits per heavy atom. The summed E-state index contributed by atoms with van der Waals surface area (Å²) in [5.41, 5.74) is 3.96. The number of halogens is 1. The smallest absolute Gasteiger partial charge is 0.249 e. The highest BCUT2D eigenvalue weighted by Gasteiger charge is 2.46. The standard InChI is InChI=1S/C29H40FN5O2/c1-17(2)35-16-23(22-15-32-24-14-20(30)10-11-21(22)24)27-25(35)12-13-34(27)29(37)26(19-8-6-5-7-9-19)33-28(36)18(3)31-4/h10-11,14-15,17-19,25-26,31-32H,5-9,12-13,16H2,1-4H3,(H,33,36). The zero-order valence-electron chi connectivity index (χ0n) is 22.4. The first-order valence-electron chi connectivity index (χ1n) is 13.8. The van der Waals surface area contributed by atoms with Crippen LogP contribution in [-0.2, 0) is 9.59 Å². The molecule has 37 heavy (non-hydrogen) atoms. The normalized spacial score (nSPS) is 22.6. The monoisotopic (exact) mass is 509 g/mol. The van der Waals surface area contributed by atoms with Gasteiger partial charge in [0.15, 0.2) is 0 Å². The number of rotatable bonds is 7. The minimum Gasteiger partial charge on any atom is -0.360 e. The second kappa shape index (κ2) is 10.6. The summed E-state index contributed by atoms with van der Waals surface area (Å²) in [5.74, 6) is -0.248. The largest absolute Gasteiger partial charge is 0.360 e. The molecule has 2 amide bonds. The lowest BCUT2D eigenvalue weighted by molar-refractivity contribution is -0.136. The van der Waals surface area contributed by atoms with E-state index in [2.05, 4.69) is 34.4 Å². The molecule has 5 rings (SSSR count). The van der Waals surface area contributed by atoms with Crippen LogP contribution in [0.5, 0.6) is 0 Å². The average Bonchev–Trinajstić information content (AvgIpc) is 3.60. The molecule has 2 aromatic rings. The lowest BCUT2D eigenvalue weighted by atomic mass is 9.83. The van der Waals surface area contributed by atoms with E-state index in [4.69, 9.17) is 0 Å². The molecule has 0 bridgehead atoms. The van der Waals surface area contributed by atoms with Crippen LogP contribution in [0.2, 0.25) is 0 Å². The number of fused-ring (bicyclic) bond motifs is 2. The van der Waals surface area contributed by atoms with E-state index in [1.54, 1.807) is 7.05 Å². The van der Waals surface area contributed by atoms with Crippen LogP contribution in [0.1, 0.15) is 64.9 Å². The third-order valence-electron chi connectivity index (χ3n) is 8.69. The predicted molar refractivity (Wildman–Crippen MR) is 144 cm³/mol. The van der Waals surface area contributed by atoms with Gasteiger partial charge in [-0.2, -0.15) is 0 Å². The Labute approximate surface area is 218 Å². The van der Waals surface area contributed by atoms with Crippen LogP contribution in [0.15, 0.2) is 30.1 Å². The molecule has 8 heteroatoms. The number of hydrogen-bond donors (Lipinski definition) is 3. The summed E-state index contributed by atoms with van der Waals surface area (Å²) >= 11 is 0. The minimum absolute atomic E-state index is 0.00930. The Morgan fingerprint density at radius 1 is 1.11 bits per heavy atom. The number of benzene rings is 1. The van der Waals surface area contributed by atoms with Crippen LogP contribution in [0.25, 0.3) is 16.5 Å². The van der Waals surface area contributed by atoms with Gasteiger partial charge in [-0.1, -0.05) is 19.3 Å². The molecule has 3 aliphatic rings. The number of amides is 2. The number of H-pyrrole nitrogens is 1. The van der Waals surface area contributed by atoms with E-state index in [0.717, 1.165) is 66.4 Å². The van der Waals surface area contributed by atoms with E-state index in [1.165, 1.54) is 18.6 Å². The van der Waals surface area contributed by atoms with E-state index >= 15 is 0 Å². The third-order valence-corrected chi connectivity index (χ3v) is 8.69. The molecular formula is C29H40FN5O2. The maximum atomic E-state index is 14.3. The van der Waals surface area contributed by atoms with Gasteiger partial charge in [0, 0.05) is 47.5 Å². The zero-order chi connectivity index (χ0) is 26.3. The number of aromatic amines is 1. The van der Waals surface area contributed by atoms with Crippen LogP contribution in [0, 0.1) is 11.7 Å². The van der Waals surface area contributed by atoms with Gasteiger partial charge in [-0.3, -0.25) is 14.5 Å². The minimum atomic E-state index is -0.527. The molecule has 2 aliphatic heterocycles. The summed E-state index contributed by atoms with van der Waals surface area (Å²) in [4.78, 5) is 34.9. The topological polar surface area (TPSA) is 80.5 Å². The molecule has 2 fully saturated rings. The van der Waals surface area contributed by atoms with Crippen molar-refractivity contribution in [2.45, 2.75) is 83.5 Å². The van der Waals surface area contributed by atoms with E-state index in [1.807, 2.05) is 24.1 Å². The van der Waals surface area contributed by atoms with Crippen molar-refractivity contribution in [3.63, 3.8) is 0 Å². The molecule has 1 saturated heterocycles. The Balaban J connectivity index is 1.54. The number of carbonyl (C=O) groups excluding carboxylic acids is 2. The Bertz CT molecular complexity index is 1200. The van der Waals surface area contributed by atoms with Crippen molar-refractivity contribution >= 4 is 28.3 Å². The molecule has 1 aromatic heterocycles. The van der Waals surface area contributed by atoms with E-state index in [9.17, 15) is 14.0 Å². The van der Waals surface area contributed by atoms with Crippen molar-refractivity contribution in [3.8, 4) is 0 Å². The number of nitrogens with one attached hydrogen (secondary N) is 3. The maximum absolute atomic E-state index is 14.3. The van der Waals surface area contributed by atoms with Crippen molar-refractivity contribution in [1.29, 1.82) is 0 Å². The van der Waals surface area contributed by atoms with Gasteiger partial charge in [0.25, 0.3) is 0 Å². The van der Waals surface area contributed by atoms with E-state index in [-0.39, 0.29) is 35.6 Å². The Kier molecular flexibility index (Phi) is 7.41. The van der Waals surface area contributed by atoms with E-state index < -0.39 is 6.04 Å². The number of likely N-dealkylation sites (N-methyl/N-ethyl adjacent to an activating group) is 1. The highest BCUT2D eigenvalue weighted by Crippen LogP contribution is 2.43.